The van der Waals surface area contributed by atoms with Gasteiger partial charge < -0.3 is 4.52 Å². The summed E-state index contributed by atoms with van der Waals surface area (Å²) in [6.07, 6.45) is 2.47. The van der Waals surface area contributed by atoms with E-state index in [-0.39, 0.29) is 0 Å². The number of thioether (sulfide) groups is 1. The van der Waals surface area contributed by atoms with Crippen LogP contribution >= 0.6 is 11.8 Å². The Balaban J connectivity index is 1.59. The van der Waals surface area contributed by atoms with E-state index in [1.165, 1.54) is 5.56 Å². The highest BCUT2D eigenvalue weighted by atomic mass is 32.2. The minimum absolute atomic E-state index is 0.631. The van der Waals surface area contributed by atoms with Crippen LogP contribution in [-0.4, -0.2) is 25.9 Å². The van der Waals surface area contributed by atoms with E-state index >= 15 is 0 Å². The Morgan fingerprint density at radius 1 is 1.05 bits per heavy atom. The van der Waals surface area contributed by atoms with Crippen LogP contribution in [0.3, 0.4) is 0 Å². The molecule has 0 bridgehead atoms. The van der Waals surface area contributed by atoms with Crippen molar-refractivity contribution in [3.05, 3.63) is 53.7 Å². The number of rotatable bonds is 5. The average molecular weight is 312 g/mol. The second kappa shape index (κ2) is 6.70. The number of benzene rings is 1. The molecule has 0 aliphatic heterocycles. The summed E-state index contributed by atoms with van der Waals surface area (Å²) < 4.78 is 5.30. The molecule has 0 spiro atoms. The summed E-state index contributed by atoms with van der Waals surface area (Å²) in [6, 6.07) is 9.96. The van der Waals surface area contributed by atoms with Crippen LogP contribution in [0.4, 0.5) is 0 Å². The first-order valence-corrected chi connectivity index (χ1v) is 8.01. The molecule has 5 nitrogen and oxygen atoms in total. The summed E-state index contributed by atoms with van der Waals surface area (Å²) in [6.45, 7) is 4.01. The third-order valence-electron chi connectivity index (χ3n) is 3.10. The highest BCUT2D eigenvalue weighted by Crippen LogP contribution is 2.18. The first-order valence-electron chi connectivity index (χ1n) is 7.03. The largest absolute Gasteiger partial charge is 0.339 e. The molecule has 112 valence electrons. The molecule has 22 heavy (non-hydrogen) atoms. The van der Waals surface area contributed by atoms with Crippen LogP contribution in [-0.2, 0) is 6.42 Å². The van der Waals surface area contributed by atoms with Crippen molar-refractivity contribution in [2.45, 2.75) is 25.4 Å². The van der Waals surface area contributed by atoms with E-state index in [2.05, 4.69) is 27.0 Å². The summed E-state index contributed by atoms with van der Waals surface area (Å²) in [5.74, 6) is 2.07. The number of hydrogen-bond acceptors (Lipinski definition) is 6. The highest BCUT2D eigenvalue weighted by molar-refractivity contribution is 7.99. The van der Waals surface area contributed by atoms with Crippen molar-refractivity contribution in [3.63, 3.8) is 0 Å². The molecule has 0 saturated carbocycles. The Morgan fingerprint density at radius 2 is 1.86 bits per heavy atom. The standard InChI is InChI=1S/C16H16N4OS/c1-11-3-5-13(6-4-11)15-19-14(21-20-15)8-10-22-16-17-9-7-12(2)18-16/h3-7,9H,8,10H2,1-2H3. The van der Waals surface area contributed by atoms with Gasteiger partial charge in [-0.1, -0.05) is 46.7 Å². The van der Waals surface area contributed by atoms with Gasteiger partial charge in [-0.15, -0.1) is 0 Å². The molecule has 0 fully saturated rings. The van der Waals surface area contributed by atoms with Crippen molar-refractivity contribution in [1.29, 1.82) is 0 Å². The van der Waals surface area contributed by atoms with Gasteiger partial charge in [-0.05, 0) is 19.9 Å². The second-order valence-electron chi connectivity index (χ2n) is 4.96. The number of nitrogens with zero attached hydrogens (tertiary/aromatic N) is 4. The molecule has 2 aromatic heterocycles. The van der Waals surface area contributed by atoms with Gasteiger partial charge in [0.2, 0.25) is 11.7 Å². The first kappa shape index (κ1) is 14.7. The van der Waals surface area contributed by atoms with Gasteiger partial charge in [0, 0.05) is 29.6 Å². The van der Waals surface area contributed by atoms with E-state index < -0.39 is 0 Å². The minimum atomic E-state index is 0.631. The molecule has 0 unspecified atom stereocenters. The van der Waals surface area contributed by atoms with E-state index in [1.807, 2.05) is 37.3 Å². The molecule has 0 saturated heterocycles. The maximum atomic E-state index is 5.30. The minimum Gasteiger partial charge on any atom is -0.339 e. The number of aryl methyl sites for hydroxylation is 3. The molecule has 2 heterocycles. The Morgan fingerprint density at radius 3 is 2.64 bits per heavy atom. The van der Waals surface area contributed by atoms with E-state index in [0.29, 0.717) is 18.1 Å². The van der Waals surface area contributed by atoms with Crippen LogP contribution in [0, 0.1) is 13.8 Å². The molecule has 0 aliphatic carbocycles. The van der Waals surface area contributed by atoms with Gasteiger partial charge >= 0.3 is 0 Å². The monoisotopic (exact) mass is 312 g/mol. The zero-order chi connectivity index (χ0) is 15.4. The molecule has 0 atom stereocenters. The van der Waals surface area contributed by atoms with E-state index in [9.17, 15) is 0 Å². The zero-order valence-electron chi connectivity index (χ0n) is 12.5. The molecule has 0 N–H and O–H groups in total. The number of aromatic nitrogens is 4. The molecule has 0 aliphatic rings. The first-order chi connectivity index (χ1) is 10.7. The predicted molar refractivity (Wildman–Crippen MR) is 85.7 cm³/mol. The average Bonchev–Trinajstić information content (AvgIpc) is 2.97. The highest BCUT2D eigenvalue weighted by Gasteiger charge is 2.09. The zero-order valence-corrected chi connectivity index (χ0v) is 13.3. The van der Waals surface area contributed by atoms with E-state index in [0.717, 1.165) is 22.2 Å². The molecular formula is C16H16N4OS. The van der Waals surface area contributed by atoms with Gasteiger partial charge in [-0.25, -0.2) is 9.97 Å². The lowest BCUT2D eigenvalue weighted by atomic mass is 10.1. The van der Waals surface area contributed by atoms with Crippen molar-refractivity contribution in [2.75, 3.05) is 5.75 Å². The molecule has 0 amide bonds. The summed E-state index contributed by atoms with van der Waals surface area (Å²) in [5, 5.41) is 4.81. The van der Waals surface area contributed by atoms with E-state index in [1.54, 1.807) is 18.0 Å². The molecule has 0 radical (unpaired) electrons. The van der Waals surface area contributed by atoms with Crippen molar-refractivity contribution < 1.29 is 4.52 Å². The van der Waals surface area contributed by atoms with Crippen LogP contribution in [0.25, 0.3) is 11.4 Å². The van der Waals surface area contributed by atoms with Crippen molar-refractivity contribution >= 4 is 11.8 Å². The fourth-order valence-electron chi connectivity index (χ4n) is 1.90. The summed E-state index contributed by atoms with van der Waals surface area (Å²) in [5.41, 5.74) is 3.15. The lowest BCUT2D eigenvalue weighted by Crippen LogP contribution is -1.93. The summed E-state index contributed by atoms with van der Waals surface area (Å²) >= 11 is 1.59. The van der Waals surface area contributed by atoms with Gasteiger partial charge in [0.25, 0.3) is 0 Å². The predicted octanol–water partition coefficient (Wildman–Crippen LogP) is 3.48. The summed E-state index contributed by atoms with van der Waals surface area (Å²) in [7, 11) is 0. The van der Waals surface area contributed by atoms with Crippen LogP contribution in [0.2, 0.25) is 0 Å². The van der Waals surface area contributed by atoms with Crippen LogP contribution in [0.15, 0.2) is 46.2 Å². The quantitative estimate of drug-likeness (QED) is 0.531. The summed E-state index contributed by atoms with van der Waals surface area (Å²) in [4.78, 5) is 13.0. The van der Waals surface area contributed by atoms with Crippen molar-refractivity contribution in [2.24, 2.45) is 0 Å². The Labute approximate surface area is 133 Å². The van der Waals surface area contributed by atoms with Crippen LogP contribution < -0.4 is 0 Å². The third-order valence-corrected chi connectivity index (χ3v) is 3.96. The van der Waals surface area contributed by atoms with E-state index in [4.69, 9.17) is 4.52 Å². The molecule has 3 rings (SSSR count). The Kier molecular flexibility index (Phi) is 4.48. The van der Waals surface area contributed by atoms with Gasteiger partial charge in [-0.3, -0.25) is 0 Å². The number of hydrogen-bond donors (Lipinski definition) is 0. The van der Waals surface area contributed by atoms with Gasteiger partial charge in [0.05, 0.1) is 0 Å². The SMILES string of the molecule is Cc1ccc(-c2noc(CCSc3nccc(C)n3)n2)cc1. The normalized spacial score (nSPS) is 10.8. The Hall–Kier alpha value is -2.21. The molecule has 6 heteroatoms. The smallest absolute Gasteiger partial charge is 0.227 e. The maximum absolute atomic E-state index is 5.30. The third kappa shape index (κ3) is 3.71. The topological polar surface area (TPSA) is 64.7 Å². The van der Waals surface area contributed by atoms with Gasteiger partial charge in [0.1, 0.15) is 0 Å². The van der Waals surface area contributed by atoms with Gasteiger partial charge in [0.15, 0.2) is 5.16 Å². The molecular weight excluding hydrogens is 296 g/mol. The van der Waals surface area contributed by atoms with Crippen LogP contribution in [0.1, 0.15) is 17.1 Å². The molecule has 3 aromatic rings. The fourth-order valence-corrected chi connectivity index (χ4v) is 2.70. The van der Waals surface area contributed by atoms with Crippen molar-refractivity contribution in [3.8, 4) is 11.4 Å². The lowest BCUT2D eigenvalue weighted by molar-refractivity contribution is 0.383. The van der Waals surface area contributed by atoms with Crippen LogP contribution in [0.5, 0.6) is 0 Å². The Bertz CT molecular complexity index is 755. The maximum Gasteiger partial charge on any atom is 0.227 e. The molecule has 1 aromatic carbocycles. The fraction of sp³-hybridized carbons (Fsp3) is 0.250. The van der Waals surface area contributed by atoms with Crippen molar-refractivity contribution in [1.82, 2.24) is 20.1 Å². The second-order valence-corrected chi connectivity index (χ2v) is 6.02. The van der Waals surface area contributed by atoms with Gasteiger partial charge in [-0.2, -0.15) is 4.98 Å². The lowest BCUT2D eigenvalue weighted by Gasteiger charge is -1.98.